The Morgan fingerprint density at radius 3 is 2.56 bits per heavy atom. The fourth-order valence-corrected chi connectivity index (χ4v) is 2.38. The Morgan fingerprint density at radius 1 is 1.44 bits per heavy atom. The third-order valence-electron chi connectivity index (χ3n) is 1.92. The van der Waals surface area contributed by atoms with Gasteiger partial charge in [-0.05, 0) is 12.1 Å². The second kappa shape index (κ2) is 5.32. The highest BCUT2D eigenvalue weighted by atomic mass is 32.2. The van der Waals surface area contributed by atoms with E-state index in [9.17, 15) is 9.90 Å². The number of hydrogen-bond acceptors (Lipinski definition) is 3. The molecule has 0 amide bonds. The van der Waals surface area contributed by atoms with E-state index in [0.717, 1.165) is 0 Å². The Kier molecular flexibility index (Phi) is 4.07. The first kappa shape index (κ1) is 12.3. The van der Waals surface area contributed by atoms with Gasteiger partial charge in [-0.3, -0.25) is 0 Å². The van der Waals surface area contributed by atoms with Crippen LogP contribution in [0.1, 0.15) is 6.42 Å². The van der Waals surface area contributed by atoms with Crippen LogP contribution in [-0.4, -0.2) is 16.9 Å². The zero-order valence-corrected chi connectivity index (χ0v) is 9.55. The summed E-state index contributed by atoms with van der Waals surface area (Å²) in [5.74, 6) is 6.69. The zero-order chi connectivity index (χ0) is 12.0. The fourth-order valence-electron chi connectivity index (χ4n) is 1.10. The first-order valence-electron chi connectivity index (χ1n) is 4.61. The van der Waals surface area contributed by atoms with E-state index < -0.39 is 9.39 Å². The summed E-state index contributed by atoms with van der Waals surface area (Å²) >= 11 is 0. The van der Waals surface area contributed by atoms with Crippen molar-refractivity contribution < 1.29 is 9.90 Å². The Labute approximate surface area is 95.7 Å². The molecule has 0 spiro atoms. The van der Waals surface area contributed by atoms with Gasteiger partial charge in [-0.25, -0.2) is 4.79 Å². The van der Waals surface area contributed by atoms with Gasteiger partial charge in [-0.15, -0.1) is 18.1 Å². The molecule has 0 aliphatic rings. The van der Waals surface area contributed by atoms with Crippen molar-refractivity contribution in [2.24, 2.45) is 0 Å². The minimum absolute atomic E-state index is 0.0751. The minimum atomic E-state index is -1.96. The van der Waals surface area contributed by atoms with Crippen molar-refractivity contribution in [2.45, 2.75) is 6.42 Å². The fraction of sp³-hybridized carbons (Fsp3) is 0.167. The monoisotopic (exact) mass is 234 g/mol. The lowest BCUT2D eigenvalue weighted by Gasteiger charge is -2.15. The average Bonchev–Trinajstić information content (AvgIpc) is 2.30. The van der Waals surface area contributed by atoms with Crippen LogP contribution in [-0.2, 0) is 4.79 Å². The normalized spacial score (nSPS) is 13.2. The van der Waals surface area contributed by atoms with Crippen molar-refractivity contribution in [3.05, 3.63) is 24.3 Å². The predicted molar refractivity (Wildman–Crippen MR) is 68.2 cm³/mol. The molecule has 4 heteroatoms. The Bertz CT molecular complexity index is 527. The predicted octanol–water partition coefficient (Wildman–Crippen LogP) is 1.41. The molecule has 0 saturated carbocycles. The molecule has 84 valence electrons. The molecular formula is C12H12NO2S-. The minimum Gasteiger partial charge on any atom is -0.872 e. The van der Waals surface area contributed by atoms with E-state index in [1.807, 2.05) is 5.23 Å². The van der Waals surface area contributed by atoms with Gasteiger partial charge in [-0.2, -0.15) is 0 Å². The largest absolute Gasteiger partial charge is 0.872 e. The molecule has 16 heavy (non-hydrogen) atoms. The Hall–Kier alpha value is -1.82. The molecule has 0 radical (unpaired) electrons. The van der Waals surface area contributed by atoms with Crippen molar-refractivity contribution in [3.8, 4) is 18.1 Å². The summed E-state index contributed by atoms with van der Waals surface area (Å²) in [6.07, 6.45) is 5.61. The summed E-state index contributed by atoms with van der Waals surface area (Å²) in [6, 6.07) is 6.08. The van der Waals surface area contributed by atoms with E-state index >= 15 is 0 Å². The number of hydrogen-bond donors (Lipinski definition) is 1. The number of nitrogens with one attached hydrogen (secondary N) is 1. The van der Waals surface area contributed by atoms with Crippen molar-refractivity contribution in [1.82, 2.24) is 0 Å². The summed E-state index contributed by atoms with van der Waals surface area (Å²) in [4.78, 5) is 10.9. The van der Waals surface area contributed by atoms with Crippen molar-refractivity contribution in [2.75, 3.05) is 10.5 Å². The van der Waals surface area contributed by atoms with Gasteiger partial charge in [0.25, 0.3) is 0 Å². The SMILES string of the molecule is C#CCCS(=C)(=C=O)Nc1ccc([O-])cc1. The van der Waals surface area contributed by atoms with Gasteiger partial charge in [0.15, 0.2) is 5.23 Å². The Morgan fingerprint density at radius 2 is 2.06 bits per heavy atom. The second-order valence-corrected chi connectivity index (χ2v) is 5.80. The molecule has 0 bridgehead atoms. The quantitative estimate of drug-likeness (QED) is 0.633. The number of benzene rings is 1. The van der Waals surface area contributed by atoms with Crippen molar-refractivity contribution in [1.29, 1.82) is 0 Å². The van der Waals surface area contributed by atoms with Gasteiger partial charge < -0.3 is 9.83 Å². The van der Waals surface area contributed by atoms with Crippen LogP contribution >= 0.6 is 9.39 Å². The molecule has 1 aromatic rings. The van der Waals surface area contributed by atoms with Gasteiger partial charge in [0.2, 0.25) is 0 Å². The molecular weight excluding hydrogens is 222 g/mol. The summed E-state index contributed by atoms with van der Waals surface area (Å²) in [5.41, 5.74) is 0.685. The zero-order valence-electron chi connectivity index (χ0n) is 8.73. The Balaban J connectivity index is 2.87. The molecule has 1 N–H and O–H groups in total. The first-order valence-corrected chi connectivity index (χ1v) is 6.58. The van der Waals surface area contributed by atoms with Crippen molar-refractivity contribution in [3.63, 3.8) is 0 Å². The summed E-state index contributed by atoms with van der Waals surface area (Å²) in [5, 5.41) is 12.8. The van der Waals surface area contributed by atoms with Gasteiger partial charge in [0, 0.05) is 17.9 Å². The smallest absolute Gasteiger partial charge is 0.168 e. The van der Waals surface area contributed by atoms with Crippen LogP contribution in [0.3, 0.4) is 0 Å². The molecule has 0 aliphatic heterocycles. The molecule has 1 atom stereocenters. The molecule has 0 aliphatic carbocycles. The van der Waals surface area contributed by atoms with Crippen LogP contribution in [0, 0.1) is 12.3 Å². The van der Waals surface area contributed by atoms with Crippen LogP contribution in [0.15, 0.2) is 24.3 Å². The summed E-state index contributed by atoms with van der Waals surface area (Å²) in [6.45, 7) is 0. The maximum atomic E-state index is 10.9. The van der Waals surface area contributed by atoms with Crippen LogP contribution in [0.25, 0.3) is 0 Å². The summed E-state index contributed by atoms with van der Waals surface area (Å²) < 4.78 is 2.98. The summed E-state index contributed by atoms with van der Waals surface area (Å²) in [7, 11) is -1.96. The number of carbonyl (C=O) groups excluding carboxylic acids is 1. The molecule has 0 fully saturated rings. The van der Waals surface area contributed by atoms with E-state index in [1.54, 1.807) is 12.1 Å². The maximum Gasteiger partial charge on any atom is 0.168 e. The van der Waals surface area contributed by atoms with Gasteiger partial charge in [-0.1, -0.05) is 27.4 Å². The molecule has 0 saturated heterocycles. The van der Waals surface area contributed by atoms with Gasteiger partial charge in [0.05, 0.1) is 0 Å². The molecule has 0 heterocycles. The molecule has 3 nitrogen and oxygen atoms in total. The lowest BCUT2D eigenvalue weighted by molar-refractivity contribution is -0.268. The van der Waals surface area contributed by atoms with E-state index in [4.69, 9.17) is 6.42 Å². The molecule has 1 rings (SSSR count). The van der Waals surface area contributed by atoms with E-state index in [2.05, 4.69) is 16.5 Å². The maximum absolute atomic E-state index is 10.9. The number of anilines is 1. The third kappa shape index (κ3) is 3.39. The van der Waals surface area contributed by atoms with E-state index in [0.29, 0.717) is 17.9 Å². The molecule has 1 aromatic carbocycles. The topological polar surface area (TPSA) is 52.2 Å². The number of rotatable bonds is 4. The first-order chi connectivity index (χ1) is 7.59. The molecule has 1 unspecified atom stereocenters. The highest BCUT2D eigenvalue weighted by molar-refractivity contribution is 8.29. The van der Waals surface area contributed by atoms with E-state index in [-0.39, 0.29) is 5.75 Å². The van der Waals surface area contributed by atoms with Gasteiger partial charge >= 0.3 is 0 Å². The van der Waals surface area contributed by atoms with Crippen LogP contribution in [0.2, 0.25) is 0 Å². The van der Waals surface area contributed by atoms with Gasteiger partial charge in [0.1, 0.15) is 0 Å². The second-order valence-electron chi connectivity index (χ2n) is 3.25. The standard InChI is InChI=1S/C12H13NO2S/c1-3-4-9-16(2,10-14)13-11-5-7-12(15)8-6-11/h1,5-8,13,15H,2,4,9H2/p-1. The highest BCUT2D eigenvalue weighted by Crippen LogP contribution is 2.24. The van der Waals surface area contributed by atoms with Crippen LogP contribution < -0.4 is 9.83 Å². The van der Waals surface area contributed by atoms with E-state index in [1.165, 1.54) is 12.1 Å². The van der Waals surface area contributed by atoms with Crippen molar-refractivity contribution >= 4 is 26.2 Å². The van der Waals surface area contributed by atoms with Crippen LogP contribution in [0.4, 0.5) is 5.69 Å². The lowest BCUT2D eigenvalue weighted by Crippen LogP contribution is -2.00. The number of terminal acetylenes is 1. The van der Waals surface area contributed by atoms with Crippen LogP contribution in [0.5, 0.6) is 5.75 Å². The average molecular weight is 234 g/mol. The molecule has 0 aromatic heterocycles. The highest BCUT2D eigenvalue weighted by Gasteiger charge is 2.00. The third-order valence-corrected chi connectivity index (χ3v) is 3.77. The lowest BCUT2D eigenvalue weighted by atomic mass is 10.3.